The average Bonchev–Trinajstić information content (AvgIpc) is 3.43. The molecule has 3 aromatic carbocycles. The van der Waals surface area contributed by atoms with Gasteiger partial charge in [0.25, 0.3) is 5.91 Å². The van der Waals surface area contributed by atoms with Crippen molar-refractivity contribution in [1.29, 1.82) is 0 Å². The van der Waals surface area contributed by atoms with E-state index in [-0.39, 0.29) is 5.91 Å². The lowest BCUT2D eigenvalue weighted by Crippen LogP contribution is -2.27. The number of hydrogen-bond acceptors (Lipinski definition) is 5. The molecular formula is C28H22ClN3O2S2. The van der Waals surface area contributed by atoms with Gasteiger partial charge in [-0.2, -0.15) is 5.10 Å². The van der Waals surface area contributed by atoms with Gasteiger partial charge in [0.1, 0.15) is 15.8 Å². The topological polar surface area (TPSA) is 47.4 Å². The van der Waals surface area contributed by atoms with Crippen LogP contribution in [-0.2, 0) is 11.3 Å². The third kappa shape index (κ3) is 5.09. The maximum Gasteiger partial charge on any atom is 0.266 e. The quantitative estimate of drug-likeness (QED) is 0.190. The number of aromatic nitrogens is 2. The third-order valence-corrected chi connectivity index (χ3v) is 7.29. The van der Waals surface area contributed by atoms with Crippen LogP contribution in [0.5, 0.6) is 5.75 Å². The molecule has 4 aromatic rings. The zero-order valence-electron chi connectivity index (χ0n) is 19.4. The molecule has 0 aliphatic carbocycles. The van der Waals surface area contributed by atoms with E-state index in [0.29, 0.717) is 38.8 Å². The fourth-order valence-electron chi connectivity index (χ4n) is 3.89. The molecule has 0 spiro atoms. The summed E-state index contributed by atoms with van der Waals surface area (Å²) in [5, 5.41) is 5.35. The maximum absolute atomic E-state index is 13.3. The minimum absolute atomic E-state index is 0.114. The highest BCUT2D eigenvalue weighted by atomic mass is 35.5. The van der Waals surface area contributed by atoms with Gasteiger partial charge in [0.05, 0.1) is 28.8 Å². The summed E-state index contributed by atoms with van der Waals surface area (Å²) >= 11 is 13.3. The fraction of sp³-hybridized carbons (Fsp3) is 0.107. The van der Waals surface area contributed by atoms with E-state index in [1.165, 1.54) is 11.8 Å². The number of nitrogens with zero attached hydrogens (tertiary/aromatic N) is 3. The van der Waals surface area contributed by atoms with E-state index in [2.05, 4.69) is 0 Å². The summed E-state index contributed by atoms with van der Waals surface area (Å²) in [5.74, 6) is 0.505. The van der Waals surface area contributed by atoms with Crippen LogP contribution in [0, 0.1) is 0 Å². The molecule has 5 nitrogen and oxygen atoms in total. The Balaban J connectivity index is 1.53. The Hall–Kier alpha value is -3.39. The number of amides is 1. The number of carbonyl (C=O) groups is 1. The van der Waals surface area contributed by atoms with Gasteiger partial charge >= 0.3 is 0 Å². The van der Waals surface area contributed by atoms with E-state index in [9.17, 15) is 4.79 Å². The lowest BCUT2D eigenvalue weighted by atomic mass is 10.1. The van der Waals surface area contributed by atoms with Crippen molar-refractivity contribution in [2.75, 3.05) is 6.61 Å². The molecule has 1 fully saturated rings. The SMILES string of the molecule is CCOc1ccc(-c2nn(-c3ccccc3)cc2/C=C2\SC(=S)N(Cc3ccccc3)C2=O)cc1Cl. The Kier molecular flexibility index (Phi) is 7.23. The number of thioether (sulfide) groups is 1. The Labute approximate surface area is 224 Å². The van der Waals surface area contributed by atoms with Crippen molar-refractivity contribution in [3.63, 3.8) is 0 Å². The van der Waals surface area contributed by atoms with Crippen molar-refractivity contribution in [3.05, 3.63) is 106 Å². The van der Waals surface area contributed by atoms with Gasteiger partial charge in [-0.3, -0.25) is 9.69 Å². The van der Waals surface area contributed by atoms with E-state index < -0.39 is 0 Å². The Bertz CT molecular complexity index is 1450. The van der Waals surface area contributed by atoms with E-state index in [4.69, 9.17) is 33.7 Å². The molecule has 1 aliphatic heterocycles. The minimum Gasteiger partial charge on any atom is -0.492 e. The second-order valence-electron chi connectivity index (χ2n) is 8.04. The van der Waals surface area contributed by atoms with Gasteiger partial charge in [-0.15, -0.1) is 0 Å². The van der Waals surface area contributed by atoms with Crippen LogP contribution < -0.4 is 4.74 Å². The second kappa shape index (κ2) is 10.7. The van der Waals surface area contributed by atoms with E-state index in [0.717, 1.165) is 22.4 Å². The van der Waals surface area contributed by atoms with Crippen molar-refractivity contribution in [1.82, 2.24) is 14.7 Å². The monoisotopic (exact) mass is 531 g/mol. The smallest absolute Gasteiger partial charge is 0.266 e. The van der Waals surface area contributed by atoms with Crippen molar-refractivity contribution in [2.45, 2.75) is 13.5 Å². The molecule has 2 heterocycles. The van der Waals surface area contributed by atoms with Crippen molar-refractivity contribution >= 4 is 51.9 Å². The molecule has 1 aromatic heterocycles. The van der Waals surface area contributed by atoms with Crippen LogP contribution in [0.25, 0.3) is 23.0 Å². The van der Waals surface area contributed by atoms with Crippen LogP contribution in [0.3, 0.4) is 0 Å². The minimum atomic E-state index is -0.114. The molecule has 8 heteroatoms. The lowest BCUT2D eigenvalue weighted by molar-refractivity contribution is -0.122. The predicted molar refractivity (Wildman–Crippen MR) is 150 cm³/mol. The molecule has 0 atom stereocenters. The lowest BCUT2D eigenvalue weighted by Gasteiger charge is -2.14. The first kappa shape index (κ1) is 24.3. The van der Waals surface area contributed by atoms with Crippen LogP contribution in [0.15, 0.2) is 90.0 Å². The molecular weight excluding hydrogens is 510 g/mol. The second-order valence-corrected chi connectivity index (χ2v) is 10.1. The Morgan fingerprint density at radius 3 is 2.47 bits per heavy atom. The highest BCUT2D eigenvalue weighted by Gasteiger charge is 2.32. The average molecular weight is 532 g/mol. The van der Waals surface area contributed by atoms with Gasteiger partial charge < -0.3 is 4.74 Å². The van der Waals surface area contributed by atoms with Crippen molar-refractivity contribution < 1.29 is 9.53 Å². The standard InChI is InChI=1S/C28H22ClN3O2S2/c1-2-34-24-14-13-20(15-23(24)29)26-21(18-32(30-26)22-11-7-4-8-12-22)16-25-27(33)31(28(35)36-25)17-19-9-5-3-6-10-19/h3-16,18H,2,17H2,1H3/b25-16-. The first-order valence-corrected chi connectivity index (χ1v) is 13.0. The molecule has 0 N–H and O–H groups in total. The summed E-state index contributed by atoms with van der Waals surface area (Å²) in [4.78, 5) is 15.5. The number of hydrogen-bond donors (Lipinski definition) is 0. The molecule has 0 unspecified atom stereocenters. The first-order chi connectivity index (χ1) is 17.5. The number of carbonyl (C=O) groups excluding carboxylic acids is 1. The number of thiocarbonyl (C=S) groups is 1. The zero-order chi connectivity index (χ0) is 25.1. The molecule has 1 aliphatic rings. The number of halogens is 1. The Morgan fingerprint density at radius 2 is 1.78 bits per heavy atom. The van der Waals surface area contributed by atoms with Gasteiger partial charge in [-0.1, -0.05) is 84.1 Å². The molecule has 0 saturated carbocycles. The highest BCUT2D eigenvalue weighted by Crippen LogP contribution is 2.37. The fourth-order valence-corrected chi connectivity index (χ4v) is 5.38. The van der Waals surface area contributed by atoms with E-state index in [1.807, 2.05) is 98.1 Å². The van der Waals surface area contributed by atoms with Crippen LogP contribution in [0.2, 0.25) is 5.02 Å². The zero-order valence-corrected chi connectivity index (χ0v) is 21.8. The third-order valence-electron chi connectivity index (χ3n) is 5.61. The number of rotatable bonds is 7. The van der Waals surface area contributed by atoms with Gasteiger partial charge in [0, 0.05) is 17.3 Å². The summed E-state index contributed by atoms with van der Waals surface area (Å²) in [5.41, 5.74) is 4.25. The number of para-hydroxylation sites is 1. The van der Waals surface area contributed by atoms with Gasteiger partial charge in [-0.05, 0) is 48.9 Å². The molecule has 5 rings (SSSR count). The molecule has 0 bridgehead atoms. The summed E-state index contributed by atoms with van der Waals surface area (Å²) in [6, 6.07) is 25.3. The summed E-state index contributed by atoms with van der Waals surface area (Å²) in [6.07, 6.45) is 3.77. The predicted octanol–water partition coefficient (Wildman–Crippen LogP) is 6.99. The van der Waals surface area contributed by atoms with Gasteiger partial charge in [0.15, 0.2) is 0 Å². The van der Waals surface area contributed by atoms with Crippen LogP contribution in [-0.4, -0.2) is 31.5 Å². The maximum atomic E-state index is 13.3. The first-order valence-electron chi connectivity index (χ1n) is 11.4. The van der Waals surface area contributed by atoms with Crippen LogP contribution in [0.4, 0.5) is 0 Å². The molecule has 1 saturated heterocycles. The highest BCUT2D eigenvalue weighted by molar-refractivity contribution is 8.26. The van der Waals surface area contributed by atoms with Gasteiger partial charge in [-0.25, -0.2) is 4.68 Å². The molecule has 1 amide bonds. The summed E-state index contributed by atoms with van der Waals surface area (Å²) in [7, 11) is 0. The van der Waals surface area contributed by atoms with Gasteiger partial charge in [0.2, 0.25) is 0 Å². The van der Waals surface area contributed by atoms with Crippen molar-refractivity contribution in [3.8, 4) is 22.7 Å². The summed E-state index contributed by atoms with van der Waals surface area (Å²) in [6.45, 7) is 2.88. The molecule has 180 valence electrons. The van der Waals surface area contributed by atoms with Crippen LogP contribution in [0.1, 0.15) is 18.1 Å². The van der Waals surface area contributed by atoms with Crippen molar-refractivity contribution in [2.24, 2.45) is 0 Å². The van der Waals surface area contributed by atoms with E-state index >= 15 is 0 Å². The largest absolute Gasteiger partial charge is 0.492 e. The molecule has 36 heavy (non-hydrogen) atoms. The summed E-state index contributed by atoms with van der Waals surface area (Å²) < 4.78 is 7.93. The normalized spacial score (nSPS) is 14.6. The number of benzene rings is 3. The molecule has 0 radical (unpaired) electrons. The Morgan fingerprint density at radius 1 is 1.06 bits per heavy atom. The number of ether oxygens (including phenoxy) is 1. The van der Waals surface area contributed by atoms with Crippen LogP contribution >= 0.6 is 35.6 Å². The van der Waals surface area contributed by atoms with E-state index in [1.54, 1.807) is 9.58 Å².